The van der Waals surface area contributed by atoms with Crippen LogP contribution >= 0.6 is 0 Å². The van der Waals surface area contributed by atoms with Crippen LogP contribution in [0.4, 0.5) is 0 Å². The molecule has 2 aromatic rings. The summed E-state index contributed by atoms with van der Waals surface area (Å²) < 4.78 is 5.54. The number of ether oxygens (including phenoxy) is 1. The van der Waals surface area contributed by atoms with Crippen LogP contribution in [0, 0.1) is 0 Å². The first-order valence-electron chi connectivity index (χ1n) is 5.18. The van der Waals surface area contributed by atoms with E-state index in [1.54, 1.807) is 12.4 Å². The number of rotatable bonds is 2. The molecule has 1 saturated heterocycles. The Labute approximate surface area is 86.9 Å². The molecule has 1 unspecified atom stereocenters. The highest BCUT2D eigenvalue weighted by Crippen LogP contribution is 2.16. The molecule has 0 spiro atoms. The molecule has 0 saturated carbocycles. The van der Waals surface area contributed by atoms with Gasteiger partial charge < -0.3 is 4.74 Å². The molecule has 0 aliphatic carbocycles. The predicted octanol–water partition coefficient (Wildman–Crippen LogP) is 1.07. The van der Waals surface area contributed by atoms with Gasteiger partial charge in [-0.1, -0.05) is 0 Å². The number of hydrogen-bond donors (Lipinski definition) is 1. The molecule has 1 N–H and O–H groups in total. The van der Waals surface area contributed by atoms with Gasteiger partial charge in [-0.15, -0.1) is 0 Å². The summed E-state index contributed by atoms with van der Waals surface area (Å²) in [6.07, 6.45) is 6.89. The van der Waals surface area contributed by atoms with Crippen molar-refractivity contribution in [1.82, 2.24) is 20.2 Å². The highest BCUT2D eigenvalue weighted by Gasteiger charge is 2.17. The number of nitrogens with one attached hydrogen (secondary N) is 1. The van der Waals surface area contributed by atoms with Gasteiger partial charge in [0.1, 0.15) is 5.82 Å². The minimum atomic E-state index is 0.297. The summed E-state index contributed by atoms with van der Waals surface area (Å²) in [6, 6.07) is 0. The summed E-state index contributed by atoms with van der Waals surface area (Å²) in [4.78, 5) is 8.68. The molecule has 1 atom stereocenters. The molecule has 1 fully saturated rings. The molecular formula is C10H12N4O. The van der Waals surface area contributed by atoms with Crippen molar-refractivity contribution in [3.8, 4) is 0 Å². The van der Waals surface area contributed by atoms with Crippen molar-refractivity contribution in [3.63, 3.8) is 0 Å². The van der Waals surface area contributed by atoms with E-state index in [-0.39, 0.29) is 0 Å². The standard InChI is InChI=1S/C10H12N4O/c1-2-8(15-3-1)4-9-11-5-7-6-12-14-10(7)13-9/h5-6,8H,1-4H2,(H,11,12,13,14). The summed E-state index contributed by atoms with van der Waals surface area (Å²) in [5.41, 5.74) is 0.804. The van der Waals surface area contributed by atoms with E-state index in [0.29, 0.717) is 6.10 Å². The van der Waals surface area contributed by atoms with E-state index < -0.39 is 0 Å². The van der Waals surface area contributed by atoms with Crippen LogP contribution in [0.1, 0.15) is 18.7 Å². The van der Waals surface area contributed by atoms with Crippen LogP contribution in [0.15, 0.2) is 12.4 Å². The van der Waals surface area contributed by atoms with Gasteiger partial charge in [0.2, 0.25) is 0 Å². The fourth-order valence-corrected chi connectivity index (χ4v) is 1.88. The third-order valence-corrected chi connectivity index (χ3v) is 2.68. The third-order valence-electron chi connectivity index (χ3n) is 2.68. The van der Waals surface area contributed by atoms with E-state index in [0.717, 1.165) is 42.7 Å². The van der Waals surface area contributed by atoms with Crippen LogP contribution in [0.3, 0.4) is 0 Å². The summed E-state index contributed by atoms with van der Waals surface area (Å²) >= 11 is 0. The molecule has 0 bridgehead atoms. The minimum absolute atomic E-state index is 0.297. The molecule has 78 valence electrons. The van der Waals surface area contributed by atoms with Gasteiger partial charge in [0.15, 0.2) is 5.65 Å². The smallest absolute Gasteiger partial charge is 0.158 e. The van der Waals surface area contributed by atoms with Gasteiger partial charge >= 0.3 is 0 Å². The maximum atomic E-state index is 5.54. The first-order valence-corrected chi connectivity index (χ1v) is 5.18. The Morgan fingerprint density at radius 1 is 1.47 bits per heavy atom. The van der Waals surface area contributed by atoms with Gasteiger partial charge in [-0.25, -0.2) is 9.97 Å². The average Bonchev–Trinajstić information content (AvgIpc) is 2.87. The predicted molar refractivity (Wildman–Crippen MR) is 54.4 cm³/mol. The molecule has 5 nitrogen and oxygen atoms in total. The van der Waals surface area contributed by atoms with Crippen molar-refractivity contribution < 1.29 is 4.74 Å². The maximum absolute atomic E-state index is 5.54. The first-order chi connectivity index (χ1) is 7.42. The number of hydrogen-bond acceptors (Lipinski definition) is 4. The molecule has 0 aromatic carbocycles. The van der Waals surface area contributed by atoms with Crippen LogP contribution in [0.2, 0.25) is 0 Å². The highest BCUT2D eigenvalue weighted by atomic mass is 16.5. The Balaban J connectivity index is 1.84. The van der Waals surface area contributed by atoms with E-state index in [1.165, 1.54) is 0 Å². The molecular weight excluding hydrogens is 192 g/mol. The van der Waals surface area contributed by atoms with Gasteiger partial charge in [0.25, 0.3) is 0 Å². The zero-order valence-electron chi connectivity index (χ0n) is 8.31. The summed E-state index contributed by atoms with van der Waals surface area (Å²) in [5, 5.41) is 7.71. The Morgan fingerprint density at radius 3 is 3.33 bits per heavy atom. The monoisotopic (exact) mass is 204 g/mol. The zero-order valence-corrected chi connectivity index (χ0v) is 8.31. The van der Waals surface area contributed by atoms with E-state index >= 15 is 0 Å². The van der Waals surface area contributed by atoms with Gasteiger partial charge in [0, 0.05) is 19.2 Å². The lowest BCUT2D eigenvalue weighted by atomic mass is 10.2. The Morgan fingerprint density at radius 2 is 2.47 bits per heavy atom. The van der Waals surface area contributed by atoms with Gasteiger partial charge in [-0.05, 0) is 12.8 Å². The summed E-state index contributed by atoms with van der Waals surface area (Å²) in [5.74, 6) is 0.832. The third kappa shape index (κ3) is 1.70. The normalized spacial score (nSPS) is 21.2. The lowest BCUT2D eigenvalue weighted by molar-refractivity contribution is 0.110. The largest absolute Gasteiger partial charge is 0.378 e. The Hall–Kier alpha value is -1.49. The van der Waals surface area contributed by atoms with Crippen molar-refractivity contribution in [1.29, 1.82) is 0 Å². The van der Waals surface area contributed by atoms with Gasteiger partial charge in [0.05, 0.1) is 17.7 Å². The number of fused-ring (bicyclic) bond motifs is 1. The van der Waals surface area contributed by atoms with Crippen molar-refractivity contribution in [2.45, 2.75) is 25.4 Å². The van der Waals surface area contributed by atoms with Crippen molar-refractivity contribution in [3.05, 3.63) is 18.2 Å². The van der Waals surface area contributed by atoms with Crippen LogP contribution in [0.5, 0.6) is 0 Å². The second kappa shape index (κ2) is 3.58. The number of H-pyrrole nitrogens is 1. The second-order valence-corrected chi connectivity index (χ2v) is 3.80. The van der Waals surface area contributed by atoms with E-state index in [4.69, 9.17) is 4.74 Å². The molecule has 5 heteroatoms. The molecule has 0 amide bonds. The molecule has 0 radical (unpaired) electrons. The molecule has 1 aliphatic rings. The van der Waals surface area contributed by atoms with Crippen molar-refractivity contribution >= 4 is 11.0 Å². The molecule has 15 heavy (non-hydrogen) atoms. The fraction of sp³-hybridized carbons (Fsp3) is 0.500. The van der Waals surface area contributed by atoms with Gasteiger partial charge in [-0.3, -0.25) is 5.10 Å². The molecule has 3 rings (SSSR count). The van der Waals surface area contributed by atoms with Crippen LogP contribution in [-0.4, -0.2) is 32.9 Å². The number of nitrogens with zero attached hydrogens (tertiary/aromatic N) is 3. The van der Waals surface area contributed by atoms with E-state index in [2.05, 4.69) is 20.2 Å². The quantitative estimate of drug-likeness (QED) is 0.794. The Bertz CT molecular complexity index is 461. The topological polar surface area (TPSA) is 63.7 Å². The van der Waals surface area contributed by atoms with Crippen molar-refractivity contribution in [2.75, 3.05) is 6.61 Å². The van der Waals surface area contributed by atoms with Crippen molar-refractivity contribution in [2.24, 2.45) is 0 Å². The average molecular weight is 204 g/mol. The molecule has 2 aromatic heterocycles. The van der Waals surface area contributed by atoms with Gasteiger partial charge in [-0.2, -0.15) is 5.10 Å². The zero-order chi connectivity index (χ0) is 10.1. The number of aromatic nitrogens is 4. The highest BCUT2D eigenvalue weighted by molar-refractivity contribution is 5.72. The van der Waals surface area contributed by atoms with Crippen LogP contribution in [0.25, 0.3) is 11.0 Å². The lowest BCUT2D eigenvalue weighted by Gasteiger charge is -2.06. The Kier molecular flexibility index (Phi) is 2.10. The maximum Gasteiger partial charge on any atom is 0.158 e. The number of aromatic amines is 1. The minimum Gasteiger partial charge on any atom is -0.378 e. The van der Waals surface area contributed by atoms with Crippen LogP contribution < -0.4 is 0 Å². The summed E-state index contributed by atoms with van der Waals surface area (Å²) in [7, 11) is 0. The lowest BCUT2D eigenvalue weighted by Crippen LogP contribution is -2.11. The second-order valence-electron chi connectivity index (χ2n) is 3.80. The fourth-order valence-electron chi connectivity index (χ4n) is 1.88. The SMILES string of the molecule is c1n[nH]c2nc(CC3CCCO3)ncc12. The summed E-state index contributed by atoms with van der Waals surface area (Å²) in [6.45, 7) is 0.872. The van der Waals surface area contributed by atoms with E-state index in [9.17, 15) is 0 Å². The van der Waals surface area contributed by atoms with Crippen LogP contribution in [-0.2, 0) is 11.2 Å². The van der Waals surface area contributed by atoms with E-state index in [1.807, 2.05) is 0 Å². The molecule has 3 heterocycles. The first kappa shape index (κ1) is 8.79. The molecule has 1 aliphatic heterocycles.